The van der Waals surface area contributed by atoms with E-state index >= 15 is 0 Å². The predicted molar refractivity (Wildman–Crippen MR) is 68.5 cm³/mol. The number of benzene rings is 1. The summed E-state index contributed by atoms with van der Waals surface area (Å²) in [6, 6.07) is 9.30. The Labute approximate surface area is 105 Å². The maximum atomic E-state index is 11.6. The van der Waals surface area contributed by atoms with Crippen molar-refractivity contribution >= 4 is 11.7 Å². The third-order valence-corrected chi connectivity index (χ3v) is 2.43. The summed E-state index contributed by atoms with van der Waals surface area (Å²) < 4.78 is 7.05. The highest BCUT2D eigenvalue weighted by molar-refractivity contribution is 5.90. The fourth-order valence-corrected chi connectivity index (χ4v) is 1.52. The average Bonchev–Trinajstić information content (AvgIpc) is 2.74. The number of aryl methyl sites for hydroxylation is 2. The number of hydrogen-bond donors (Lipinski definition) is 1. The Morgan fingerprint density at radius 3 is 2.83 bits per heavy atom. The van der Waals surface area contributed by atoms with E-state index < -0.39 is 0 Å². The Balaban J connectivity index is 1.87. The van der Waals surface area contributed by atoms with Crippen LogP contribution in [0.25, 0.3) is 0 Å². The Kier molecular flexibility index (Phi) is 3.62. The van der Waals surface area contributed by atoms with E-state index in [4.69, 9.17) is 4.74 Å². The number of aromatic nitrogens is 2. The number of anilines is 1. The van der Waals surface area contributed by atoms with Crippen LogP contribution in [0.4, 0.5) is 5.82 Å². The molecule has 0 aliphatic heterocycles. The van der Waals surface area contributed by atoms with Gasteiger partial charge in [-0.25, -0.2) is 0 Å². The maximum absolute atomic E-state index is 11.6. The summed E-state index contributed by atoms with van der Waals surface area (Å²) in [5.74, 6) is 1.02. The van der Waals surface area contributed by atoms with Crippen LogP contribution in [0.15, 0.2) is 36.5 Å². The molecule has 0 atom stereocenters. The van der Waals surface area contributed by atoms with Gasteiger partial charge < -0.3 is 10.1 Å². The number of ether oxygens (including phenoxy) is 1. The molecule has 1 aromatic carbocycles. The topological polar surface area (TPSA) is 56.1 Å². The third kappa shape index (κ3) is 3.10. The maximum Gasteiger partial charge on any atom is 0.263 e. The summed E-state index contributed by atoms with van der Waals surface area (Å²) in [7, 11) is 1.79. The third-order valence-electron chi connectivity index (χ3n) is 2.43. The molecule has 5 heteroatoms. The van der Waals surface area contributed by atoms with E-state index in [9.17, 15) is 4.79 Å². The second kappa shape index (κ2) is 5.35. The minimum Gasteiger partial charge on any atom is -0.483 e. The molecule has 1 heterocycles. The Morgan fingerprint density at radius 1 is 1.39 bits per heavy atom. The van der Waals surface area contributed by atoms with Crippen molar-refractivity contribution in [1.82, 2.24) is 9.78 Å². The SMILES string of the molecule is Cc1ccccc1OCC(=O)Nc1ccn(C)n1. The number of rotatable bonds is 4. The van der Waals surface area contributed by atoms with E-state index in [1.807, 2.05) is 31.2 Å². The number of carbonyl (C=O) groups excluding carboxylic acids is 1. The van der Waals surface area contributed by atoms with Crippen LogP contribution in [0.5, 0.6) is 5.75 Å². The van der Waals surface area contributed by atoms with Crippen LogP contribution in [0.1, 0.15) is 5.56 Å². The molecule has 0 spiro atoms. The highest BCUT2D eigenvalue weighted by Gasteiger charge is 2.06. The Hall–Kier alpha value is -2.30. The summed E-state index contributed by atoms with van der Waals surface area (Å²) in [5, 5.41) is 6.71. The van der Waals surface area contributed by atoms with Gasteiger partial charge >= 0.3 is 0 Å². The summed E-state index contributed by atoms with van der Waals surface area (Å²) in [6.07, 6.45) is 1.76. The van der Waals surface area contributed by atoms with Crippen LogP contribution >= 0.6 is 0 Å². The minimum absolute atomic E-state index is 0.0264. The molecule has 0 radical (unpaired) electrons. The molecule has 0 saturated heterocycles. The second-order valence-corrected chi connectivity index (χ2v) is 3.98. The average molecular weight is 245 g/mol. The van der Waals surface area contributed by atoms with Gasteiger partial charge in [-0.15, -0.1) is 0 Å². The van der Waals surface area contributed by atoms with Crippen molar-refractivity contribution in [3.8, 4) is 5.75 Å². The molecule has 94 valence electrons. The molecule has 2 aromatic rings. The minimum atomic E-state index is -0.225. The largest absolute Gasteiger partial charge is 0.483 e. The van der Waals surface area contributed by atoms with Gasteiger partial charge in [-0.05, 0) is 18.6 Å². The molecule has 0 aliphatic carbocycles. The predicted octanol–water partition coefficient (Wildman–Crippen LogP) is 1.75. The van der Waals surface area contributed by atoms with Gasteiger partial charge in [-0.3, -0.25) is 9.48 Å². The van der Waals surface area contributed by atoms with Crippen molar-refractivity contribution < 1.29 is 9.53 Å². The van der Waals surface area contributed by atoms with Crippen LogP contribution in [-0.2, 0) is 11.8 Å². The lowest BCUT2D eigenvalue weighted by Crippen LogP contribution is -2.20. The lowest BCUT2D eigenvalue weighted by Gasteiger charge is -2.08. The van der Waals surface area contributed by atoms with Crippen LogP contribution in [0, 0.1) is 6.92 Å². The number of amides is 1. The Morgan fingerprint density at radius 2 is 2.17 bits per heavy atom. The van der Waals surface area contributed by atoms with Gasteiger partial charge in [0.15, 0.2) is 12.4 Å². The molecule has 2 rings (SSSR count). The van der Waals surface area contributed by atoms with E-state index in [1.165, 1.54) is 0 Å². The normalized spacial score (nSPS) is 10.1. The fourth-order valence-electron chi connectivity index (χ4n) is 1.52. The van der Waals surface area contributed by atoms with Gasteiger partial charge in [0, 0.05) is 19.3 Å². The van der Waals surface area contributed by atoms with Crippen molar-refractivity contribution in [2.45, 2.75) is 6.92 Å². The van der Waals surface area contributed by atoms with Crippen molar-refractivity contribution in [1.29, 1.82) is 0 Å². The number of nitrogens with zero attached hydrogens (tertiary/aromatic N) is 2. The van der Waals surface area contributed by atoms with Crippen LogP contribution < -0.4 is 10.1 Å². The molecule has 1 N–H and O–H groups in total. The molecule has 1 amide bonds. The van der Waals surface area contributed by atoms with E-state index in [0.29, 0.717) is 11.6 Å². The number of para-hydroxylation sites is 1. The molecular weight excluding hydrogens is 230 g/mol. The van der Waals surface area contributed by atoms with Crippen LogP contribution in [0.2, 0.25) is 0 Å². The molecule has 0 aliphatic rings. The zero-order valence-electron chi connectivity index (χ0n) is 10.4. The Bertz CT molecular complexity index is 549. The number of carbonyl (C=O) groups is 1. The van der Waals surface area contributed by atoms with Gasteiger partial charge in [0.25, 0.3) is 5.91 Å². The number of nitrogens with one attached hydrogen (secondary N) is 1. The van der Waals surface area contributed by atoms with E-state index in [2.05, 4.69) is 10.4 Å². The molecule has 0 unspecified atom stereocenters. The van der Waals surface area contributed by atoms with Crippen molar-refractivity contribution in [2.24, 2.45) is 7.05 Å². The fraction of sp³-hybridized carbons (Fsp3) is 0.231. The molecule has 0 fully saturated rings. The van der Waals surface area contributed by atoms with Crippen LogP contribution in [-0.4, -0.2) is 22.3 Å². The monoisotopic (exact) mass is 245 g/mol. The number of hydrogen-bond acceptors (Lipinski definition) is 3. The highest BCUT2D eigenvalue weighted by atomic mass is 16.5. The zero-order chi connectivity index (χ0) is 13.0. The molecule has 18 heavy (non-hydrogen) atoms. The lowest BCUT2D eigenvalue weighted by molar-refractivity contribution is -0.118. The first-order valence-electron chi connectivity index (χ1n) is 5.63. The first kappa shape index (κ1) is 12.2. The zero-order valence-corrected chi connectivity index (χ0v) is 10.4. The first-order valence-corrected chi connectivity index (χ1v) is 5.63. The van der Waals surface area contributed by atoms with Gasteiger partial charge in [-0.2, -0.15) is 5.10 Å². The van der Waals surface area contributed by atoms with E-state index in [-0.39, 0.29) is 12.5 Å². The summed E-state index contributed by atoms with van der Waals surface area (Å²) in [6.45, 7) is 1.91. The molecular formula is C13H15N3O2. The van der Waals surface area contributed by atoms with Gasteiger partial charge in [0.05, 0.1) is 0 Å². The summed E-state index contributed by atoms with van der Waals surface area (Å²) >= 11 is 0. The van der Waals surface area contributed by atoms with Crippen molar-refractivity contribution in [2.75, 3.05) is 11.9 Å². The molecule has 1 aromatic heterocycles. The van der Waals surface area contributed by atoms with Gasteiger partial charge in [0.2, 0.25) is 0 Å². The molecule has 0 bridgehead atoms. The molecule has 5 nitrogen and oxygen atoms in total. The van der Waals surface area contributed by atoms with Gasteiger partial charge in [0.1, 0.15) is 5.75 Å². The highest BCUT2D eigenvalue weighted by Crippen LogP contribution is 2.15. The summed E-state index contributed by atoms with van der Waals surface area (Å²) in [4.78, 5) is 11.6. The smallest absolute Gasteiger partial charge is 0.263 e. The van der Waals surface area contributed by atoms with E-state index in [1.54, 1.807) is 24.0 Å². The van der Waals surface area contributed by atoms with Crippen molar-refractivity contribution in [3.05, 3.63) is 42.1 Å². The standard InChI is InChI=1S/C13H15N3O2/c1-10-5-3-4-6-11(10)18-9-13(17)14-12-7-8-16(2)15-12/h3-8H,9H2,1-2H3,(H,14,15,17). The summed E-state index contributed by atoms with van der Waals surface area (Å²) in [5.41, 5.74) is 1.00. The van der Waals surface area contributed by atoms with Crippen LogP contribution in [0.3, 0.4) is 0 Å². The van der Waals surface area contributed by atoms with Gasteiger partial charge in [-0.1, -0.05) is 18.2 Å². The lowest BCUT2D eigenvalue weighted by atomic mass is 10.2. The van der Waals surface area contributed by atoms with E-state index in [0.717, 1.165) is 5.56 Å². The first-order chi connectivity index (χ1) is 8.65. The second-order valence-electron chi connectivity index (χ2n) is 3.98. The van der Waals surface area contributed by atoms with Crippen molar-refractivity contribution in [3.63, 3.8) is 0 Å². The molecule has 0 saturated carbocycles. The quantitative estimate of drug-likeness (QED) is 0.892.